The number of hydrogen-bond donors (Lipinski definition) is 0. The predicted molar refractivity (Wildman–Crippen MR) is 97.6 cm³/mol. The fraction of sp³-hybridized carbons (Fsp3) is 0.0952. The lowest BCUT2D eigenvalue weighted by atomic mass is 10.0. The molecule has 0 bridgehead atoms. The van der Waals surface area contributed by atoms with E-state index in [2.05, 4.69) is 6.58 Å². The normalized spacial score (nSPS) is 10.3. The van der Waals surface area contributed by atoms with Crippen LogP contribution in [0.15, 0.2) is 67.3 Å². The summed E-state index contributed by atoms with van der Waals surface area (Å²) in [6.45, 7) is 5.45. The second-order valence-corrected chi connectivity index (χ2v) is 5.50. The number of para-hydroxylation sites is 1. The van der Waals surface area contributed by atoms with Crippen LogP contribution in [0.4, 0.5) is 0 Å². The Bertz CT molecular complexity index is 930. The van der Waals surface area contributed by atoms with E-state index in [1.165, 1.54) is 0 Å². The monoisotopic (exact) mass is 334 g/mol. The zero-order chi connectivity index (χ0) is 17.8. The third-order valence-electron chi connectivity index (χ3n) is 3.73. The largest absolute Gasteiger partial charge is 0.496 e. The number of rotatable bonds is 5. The molecule has 4 heteroatoms. The van der Waals surface area contributed by atoms with E-state index >= 15 is 0 Å². The number of carbonyl (C=O) groups excluding carboxylic acids is 1. The third kappa shape index (κ3) is 3.48. The van der Waals surface area contributed by atoms with Crippen LogP contribution in [0.1, 0.15) is 5.56 Å². The lowest BCUT2D eigenvalue weighted by Gasteiger charge is -2.16. The van der Waals surface area contributed by atoms with Crippen LogP contribution in [0.25, 0.3) is 10.8 Å². The highest BCUT2D eigenvalue weighted by molar-refractivity contribution is 5.98. The molecule has 0 heterocycles. The molecule has 0 N–H and O–H groups in total. The van der Waals surface area contributed by atoms with Crippen molar-refractivity contribution in [3.8, 4) is 23.0 Å². The lowest BCUT2D eigenvalue weighted by Crippen LogP contribution is -2.05. The van der Waals surface area contributed by atoms with Gasteiger partial charge in [-0.15, -0.1) is 0 Å². The summed E-state index contributed by atoms with van der Waals surface area (Å²) in [5, 5.41) is 1.57. The van der Waals surface area contributed by atoms with Crippen molar-refractivity contribution < 1.29 is 19.0 Å². The molecular formula is C21H18O4. The zero-order valence-electron chi connectivity index (χ0n) is 14.1. The Balaban J connectivity index is 2.22. The van der Waals surface area contributed by atoms with Gasteiger partial charge < -0.3 is 14.2 Å². The molecule has 0 amide bonds. The van der Waals surface area contributed by atoms with Gasteiger partial charge in [0.1, 0.15) is 11.5 Å². The van der Waals surface area contributed by atoms with E-state index in [0.717, 1.165) is 22.4 Å². The van der Waals surface area contributed by atoms with Gasteiger partial charge in [0.25, 0.3) is 0 Å². The molecule has 4 nitrogen and oxygen atoms in total. The highest BCUT2D eigenvalue weighted by Gasteiger charge is 2.18. The molecule has 25 heavy (non-hydrogen) atoms. The summed E-state index contributed by atoms with van der Waals surface area (Å²) in [7, 11) is 1.60. The van der Waals surface area contributed by atoms with Crippen molar-refractivity contribution >= 4 is 16.7 Å². The highest BCUT2D eigenvalue weighted by Crippen LogP contribution is 2.43. The van der Waals surface area contributed by atoms with Crippen LogP contribution < -0.4 is 14.2 Å². The summed E-state index contributed by atoms with van der Waals surface area (Å²) in [6, 6.07) is 16.8. The van der Waals surface area contributed by atoms with Crippen LogP contribution in [-0.2, 0) is 4.79 Å². The molecule has 0 radical (unpaired) electrons. The molecule has 0 unspecified atom stereocenters. The molecule has 0 saturated heterocycles. The standard InChI is InChI=1S/C21H18O4/c1-4-20(22)25-21-16-11-10-14(2)12-17(16)18(23-3)13-19(21)24-15-8-6-5-7-9-15/h4-13H,1H2,2-3H3. The van der Waals surface area contributed by atoms with E-state index in [9.17, 15) is 4.79 Å². The number of aryl methyl sites for hydroxylation is 1. The van der Waals surface area contributed by atoms with Crippen molar-refractivity contribution in [2.24, 2.45) is 0 Å². The van der Waals surface area contributed by atoms with Crippen LogP contribution in [-0.4, -0.2) is 13.1 Å². The number of methoxy groups -OCH3 is 1. The maximum absolute atomic E-state index is 11.8. The van der Waals surface area contributed by atoms with E-state index in [4.69, 9.17) is 14.2 Å². The zero-order valence-corrected chi connectivity index (χ0v) is 14.1. The minimum Gasteiger partial charge on any atom is -0.496 e. The van der Waals surface area contributed by atoms with Gasteiger partial charge in [-0.25, -0.2) is 4.79 Å². The summed E-state index contributed by atoms with van der Waals surface area (Å²) >= 11 is 0. The minimum atomic E-state index is -0.551. The van der Waals surface area contributed by atoms with Gasteiger partial charge in [0.2, 0.25) is 0 Å². The smallest absolute Gasteiger partial charge is 0.335 e. The lowest BCUT2D eigenvalue weighted by molar-refractivity contribution is -0.128. The summed E-state index contributed by atoms with van der Waals surface area (Å²) in [4.78, 5) is 11.8. The van der Waals surface area contributed by atoms with Gasteiger partial charge in [0, 0.05) is 22.9 Å². The Morgan fingerprint density at radius 1 is 1.00 bits per heavy atom. The second kappa shape index (κ2) is 7.09. The number of fused-ring (bicyclic) bond motifs is 1. The third-order valence-corrected chi connectivity index (χ3v) is 3.73. The van der Waals surface area contributed by atoms with Gasteiger partial charge in [-0.05, 0) is 25.1 Å². The van der Waals surface area contributed by atoms with Crippen molar-refractivity contribution in [2.45, 2.75) is 6.92 Å². The summed E-state index contributed by atoms with van der Waals surface area (Å²) in [6.07, 6.45) is 1.12. The van der Waals surface area contributed by atoms with Crippen molar-refractivity contribution in [3.05, 3.63) is 72.8 Å². The molecule has 0 aliphatic heterocycles. The van der Waals surface area contributed by atoms with Gasteiger partial charge in [0.05, 0.1) is 7.11 Å². The van der Waals surface area contributed by atoms with Gasteiger partial charge in [0.15, 0.2) is 11.5 Å². The first-order valence-electron chi connectivity index (χ1n) is 7.81. The number of ether oxygens (including phenoxy) is 3. The fourth-order valence-corrected chi connectivity index (χ4v) is 2.56. The molecule has 0 fully saturated rings. The topological polar surface area (TPSA) is 44.8 Å². The van der Waals surface area contributed by atoms with Gasteiger partial charge in [-0.3, -0.25) is 0 Å². The van der Waals surface area contributed by atoms with E-state index in [1.807, 2.05) is 55.5 Å². The average molecular weight is 334 g/mol. The Kier molecular flexibility index (Phi) is 4.70. The maximum atomic E-state index is 11.8. The molecule has 0 aliphatic carbocycles. The van der Waals surface area contributed by atoms with Crippen LogP contribution in [0, 0.1) is 6.92 Å². The van der Waals surface area contributed by atoms with Gasteiger partial charge in [-0.1, -0.05) is 42.5 Å². The molecule has 0 aromatic heterocycles. The van der Waals surface area contributed by atoms with E-state index in [1.54, 1.807) is 13.2 Å². The first kappa shape index (κ1) is 16.6. The molecule has 0 aliphatic rings. The summed E-state index contributed by atoms with van der Waals surface area (Å²) in [5.74, 6) is 1.46. The number of carbonyl (C=O) groups is 1. The molecule has 0 saturated carbocycles. The van der Waals surface area contributed by atoms with Crippen molar-refractivity contribution in [3.63, 3.8) is 0 Å². The number of esters is 1. The molecular weight excluding hydrogens is 316 g/mol. The predicted octanol–water partition coefficient (Wildman–Crippen LogP) is 5.04. The Morgan fingerprint density at radius 2 is 1.76 bits per heavy atom. The Labute approximate surface area is 146 Å². The van der Waals surface area contributed by atoms with E-state index in [0.29, 0.717) is 23.0 Å². The molecule has 0 spiro atoms. The quantitative estimate of drug-likeness (QED) is 0.372. The van der Waals surface area contributed by atoms with Crippen LogP contribution in [0.5, 0.6) is 23.0 Å². The van der Waals surface area contributed by atoms with Gasteiger partial charge >= 0.3 is 5.97 Å². The molecule has 126 valence electrons. The Morgan fingerprint density at radius 3 is 2.44 bits per heavy atom. The SMILES string of the molecule is C=CC(=O)Oc1c(Oc2ccccc2)cc(OC)c2cc(C)ccc12. The maximum Gasteiger partial charge on any atom is 0.335 e. The highest BCUT2D eigenvalue weighted by atomic mass is 16.6. The second-order valence-electron chi connectivity index (χ2n) is 5.50. The average Bonchev–Trinajstić information content (AvgIpc) is 2.64. The van der Waals surface area contributed by atoms with Crippen LogP contribution in [0.2, 0.25) is 0 Å². The van der Waals surface area contributed by atoms with Gasteiger partial charge in [-0.2, -0.15) is 0 Å². The summed E-state index contributed by atoms with van der Waals surface area (Å²) in [5.41, 5.74) is 1.07. The van der Waals surface area contributed by atoms with E-state index < -0.39 is 5.97 Å². The minimum absolute atomic E-state index is 0.338. The van der Waals surface area contributed by atoms with Crippen molar-refractivity contribution in [2.75, 3.05) is 7.11 Å². The van der Waals surface area contributed by atoms with E-state index in [-0.39, 0.29) is 0 Å². The fourth-order valence-electron chi connectivity index (χ4n) is 2.56. The number of hydrogen-bond acceptors (Lipinski definition) is 4. The molecule has 3 aromatic rings. The molecule has 0 atom stereocenters. The first-order chi connectivity index (χ1) is 12.1. The van der Waals surface area contributed by atoms with Crippen LogP contribution in [0.3, 0.4) is 0 Å². The van der Waals surface area contributed by atoms with Crippen molar-refractivity contribution in [1.29, 1.82) is 0 Å². The first-order valence-corrected chi connectivity index (χ1v) is 7.81. The molecule has 3 rings (SSSR count). The molecule has 3 aromatic carbocycles. The number of benzene rings is 3. The Hall–Kier alpha value is -3.27. The van der Waals surface area contributed by atoms with Crippen molar-refractivity contribution in [1.82, 2.24) is 0 Å². The van der Waals surface area contributed by atoms with Crippen LogP contribution >= 0.6 is 0 Å². The summed E-state index contributed by atoms with van der Waals surface area (Å²) < 4.78 is 16.9.